The first-order chi connectivity index (χ1) is 12.0. The highest BCUT2D eigenvalue weighted by Crippen LogP contribution is 2.24. The molecule has 0 unspecified atom stereocenters. The molecule has 5 nitrogen and oxygen atoms in total. The van der Waals surface area contributed by atoms with Crippen molar-refractivity contribution in [2.45, 2.75) is 13.0 Å². The summed E-state index contributed by atoms with van der Waals surface area (Å²) >= 11 is 5.88. The highest BCUT2D eigenvalue weighted by Gasteiger charge is 2.22. The molecule has 7 heteroatoms. The van der Waals surface area contributed by atoms with E-state index < -0.39 is 11.7 Å². The average Bonchev–Trinajstić information content (AvgIpc) is 3.16. The standard InChI is InChI=1S/C18H16ClFN4O/c1-12(13-3-6-15(7-4-13)24-11-21-10-22-24)23(2)18(25)16-9-14(19)5-8-17(16)20/h3-12H,1-2H3/t12-/m1/s1. The second-order valence-electron chi connectivity index (χ2n) is 5.65. The van der Waals surface area contributed by atoms with Gasteiger partial charge in [-0.3, -0.25) is 4.79 Å². The topological polar surface area (TPSA) is 51.0 Å². The van der Waals surface area contributed by atoms with Crippen LogP contribution in [0.5, 0.6) is 0 Å². The number of amides is 1. The molecule has 0 fully saturated rings. The van der Waals surface area contributed by atoms with Crippen molar-refractivity contribution in [2.75, 3.05) is 7.05 Å². The molecular weight excluding hydrogens is 343 g/mol. The highest BCUT2D eigenvalue weighted by molar-refractivity contribution is 6.31. The molecule has 0 aliphatic rings. The SMILES string of the molecule is C[C@H](c1ccc(-n2cncn2)cc1)N(C)C(=O)c1cc(Cl)ccc1F. The van der Waals surface area contributed by atoms with Crippen LogP contribution in [-0.2, 0) is 0 Å². The number of halogens is 2. The Morgan fingerprint density at radius 3 is 2.60 bits per heavy atom. The van der Waals surface area contributed by atoms with Gasteiger partial charge in [-0.15, -0.1) is 0 Å². The van der Waals surface area contributed by atoms with Gasteiger partial charge in [0.15, 0.2) is 0 Å². The van der Waals surface area contributed by atoms with E-state index in [0.717, 1.165) is 11.3 Å². The first kappa shape index (κ1) is 17.1. The largest absolute Gasteiger partial charge is 0.335 e. The average molecular weight is 359 g/mol. The quantitative estimate of drug-likeness (QED) is 0.711. The minimum Gasteiger partial charge on any atom is -0.335 e. The molecule has 0 N–H and O–H groups in total. The normalized spacial score (nSPS) is 12.0. The van der Waals surface area contributed by atoms with Crippen molar-refractivity contribution >= 4 is 17.5 Å². The summed E-state index contributed by atoms with van der Waals surface area (Å²) in [6.07, 6.45) is 3.07. The lowest BCUT2D eigenvalue weighted by Gasteiger charge is -2.26. The van der Waals surface area contributed by atoms with E-state index in [0.29, 0.717) is 5.02 Å². The Morgan fingerprint density at radius 2 is 1.96 bits per heavy atom. The van der Waals surface area contributed by atoms with Gasteiger partial charge in [-0.2, -0.15) is 5.10 Å². The molecule has 0 aliphatic heterocycles. The van der Waals surface area contributed by atoms with E-state index in [1.807, 2.05) is 31.2 Å². The predicted molar refractivity (Wildman–Crippen MR) is 93.3 cm³/mol. The maximum absolute atomic E-state index is 13.9. The molecule has 0 aliphatic carbocycles. The fraction of sp³-hybridized carbons (Fsp3) is 0.167. The fourth-order valence-corrected chi connectivity index (χ4v) is 2.67. The van der Waals surface area contributed by atoms with Gasteiger partial charge >= 0.3 is 0 Å². The van der Waals surface area contributed by atoms with Crippen LogP contribution in [0.4, 0.5) is 4.39 Å². The molecule has 1 amide bonds. The molecular formula is C18H16ClFN4O. The summed E-state index contributed by atoms with van der Waals surface area (Å²) in [5, 5.41) is 4.39. The van der Waals surface area contributed by atoms with E-state index >= 15 is 0 Å². The van der Waals surface area contributed by atoms with Crippen LogP contribution in [0, 0.1) is 5.82 Å². The van der Waals surface area contributed by atoms with Crippen LogP contribution < -0.4 is 0 Å². The summed E-state index contributed by atoms with van der Waals surface area (Å²) in [6.45, 7) is 1.88. The minimum atomic E-state index is -0.588. The summed E-state index contributed by atoms with van der Waals surface area (Å²) in [4.78, 5) is 18.0. The number of carbonyl (C=O) groups is 1. The molecule has 128 valence electrons. The van der Waals surface area contributed by atoms with E-state index in [-0.39, 0.29) is 11.6 Å². The van der Waals surface area contributed by atoms with Gasteiger partial charge in [0, 0.05) is 12.1 Å². The zero-order chi connectivity index (χ0) is 18.0. The lowest BCUT2D eigenvalue weighted by Crippen LogP contribution is -2.30. The highest BCUT2D eigenvalue weighted by atomic mass is 35.5. The van der Waals surface area contributed by atoms with E-state index in [1.54, 1.807) is 18.1 Å². The van der Waals surface area contributed by atoms with Crippen molar-refractivity contribution in [1.82, 2.24) is 19.7 Å². The fourth-order valence-electron chi connectivity index (χ4n) is 2.50. The number of rotatable bonds is 4. The van der Waals surface area contributed by atoms with Crippen LogP contribution in [0.2, 0.25) is 5.02 Å². The van der Waals surface area contributed by atoms with E-state index in [4.69, 9.17) is 11.6 Å². The van der Waals surface area contributed by atoms with Crippen LogP contribution in [0.3, 0.4) is 0 Å². The Hall–Kier alpha value is -2.73. The minimum absolute atomic E-state index is 0.0407. The first-order valence-electron chi connectivity index (χ1n) is 7.64. The molecule has 1 aromatic heterocycles. The Bertz CT molecular complexity index is 881. The number of nitrogens with zero attached hydrogens (tertiary/aromatic N) is 4. The predicted octanol–water partition coefficient (Wildman–Crippen LogP) is 3.89. The molecule has 0 spiro atoms. The van der Waals surface area contributed by atoms with Crippen LogP contribution in [-0.4, -0.2) is 32.6 Å². The number of aromatic nitrogens is 3. The summed E-state index contributed by atoms with van der Waals surface area (Å²) < 4.78 is 15.6. The van der Waals surface area contributed by atoms with Crippen LogP contribution in [0.1, 0.15) is 28.9 Å². The number of hydrogen-bond acceptors (Lipinski definition) is 3. The molecule has 0 radical (unpaired) electrons. The van der Waals surface area contributed by atoms with Crippen molar-refractivity contribution in [3.8, 4) is 5.69 Å². The van der Waals surface area contributed by atoms with Gasteiger partial charge < -0.3 is 4.90 Å². The first-order valence-corrected chi connectivity index (χ1v) is 8.02. The second kappa shape index (κ2) is 7.03. The number of hydrogen-bond donors (Lipinski definition) is 0. The van der Waals surface area contributed by atoms with E-state index in [9.17, 15) is 9.18 Å². The summed E-state index contributed by atoms with van der Waals surface area (Å²) in [7, 11) is 1.64. The van der Waals surface area contributed by atoms with Crippen molar-refractivity contribution in [2.24, 2.45) is 0 Å². The Morgan fingerprint density at radius 1 is 1.24 bits per heavy atom. The van der Waals surface area contributed by atoms with E-state index in [2.05, 4.69) is 10.1 Å². The van der Waals surface area contributed by atoms with Crippen molar-refractivity contribution in [3.05, 3.63) is 77.1 Å². The summed E-state index contributed by atoms with van der Waals surface area (Å²) in [5.41, 5.74) is 1.74. The lowest BCUT2D eigenvalue weighted by molar-refractivity contribution is 0.0738. The molecule has 0 saturated carbocycles. The van der Waals surface area contributed by atoms with Gasteiger partial charge in [-0.05, 0) is 42.8 Å². The van der Waals surface area contributed by atoms with Crippen molar-refractivity contribution in [1.29, 1.82) is 0 Å². The van der Waals surface area contributed by atoms with Gasteiger partial charge in [-0.25, -0.2) is 14.1 Å². The van der Waals surface area contributed by atoms with Gasteiger partial charge in [0.2, 0.25) is 0 Å². The molecule has 0 saturated heterocycles. The molecule has 0 bridgehead atoms. The Balaban J connectivity index is 1.81. The Labute approximate surface area is 149 Å². The Kier molecular flexibility index (Phi) is 4.81. The smallest absolute Gasteiger partial charge is 0.257 e. The third-order valence-corrected chi connectivity index (χ3v) is 4.35. The van der Waals surface area contributed by atoms with Crippen molar-refractivity contribution in [3.63, 3.8) is 0 Å². The maximum Gasteiger partial charge on any atom is 0.257 e. The zero-order valence-corrected chi connectivity index (χ0v) is 14.5. The third kappa shape index (κ3) is 3.53. The second-order valence-corrected chi connectivity index (χ2v) is 6.08. The molecule has 3 rings (SSSR count). The lowest BCUT2D eigenvalue weighted by atomic mass is 10.1. The van der Waals surface area contributed by atoms with Gasteiger partial charge in [0.05, 0.1) is 17.3 Å². The van der Waals surface area contributed by atoms with Crippen LogP contribution in [0.15, 0.2) is 55.1 Å². The molecule has 3 aromatic rings. The van der Waals surface area contributed by atoms with Gasteiger partial charge in [0.25, 0.3) is 5.91 Å². The third-order valence-electron chi connectivity index (χ3n) is 4.12. The summed E-state index contributed by atoms with van der Waals surface area (Å²) in [5.74, 6) is -1.01. The number of carbonyl (C=O) groups excluding carboxylic acids is 1. The molecule has 2 aromatic carbocycles. The van der Waals surface area contributed by atoms with Crippen LogP contribution >= 0.6 is 11.6 Å². The van der Waals surface area contributed by atoms with Gasteiger partial charge in [-0.1, -0.05) is 23.7 Å². The van der Waals surface area contributed by atoms with Gasteiger partial charge in [0.1, 0.15) is 18.5 Å². The van der Waals surface area contributed by atoms with E-state index in [1.165, 1.54) is 29.4 Å². The number of benzene rings is 2. The van der Waals surface area contributed by atoms with Crippen LogP contribution in [0.25, 0.3) is 5.69 Å². The molecule has 25 heavy (non-hydrogen) atoms. The molecule has 1 atom stereocenters. The zero-order valence-electron chi connectivity index (χ0n) is 13.7. The monoisotopic (exact) mass is 358 g/mol. The molecule has 1 heterocycles. The van der Waals surface area contributed by atoms with Crippen molar-refractivity contribution < 1.29 is 9.18 Å². The summed E-state index contributed by atoms with van der Waals surface area (Å²) in [6, 6.07) is 11.3. The maximum atomic E-state index is 13.9.